The highest BCUT2D eigenvalue weighted by Crippen LogP contribution is 2.15. The van der Waals surface area contributed by atoms with Gasteiger partial charge in [0, 0.05) is 30.3 Å². The molecule has 3 rings (SSSR count). The van der Waals surface area contributed by atoms with Crippen molar-refractivity contribution < 1.29 is 9.53 Å². The molecule has 0 aliphatic rings. The van der Waals surface area contributed by atoms with Crippen LogP contribution in [0.3, 0.4) is 0 Å². The van der Waals surface area contributed by atoms with Crippen LogP contribution in [-0.4, -0.2) is 17.5 Å². The van der Waals surface area contributed by atoms with Crippen molar-refractivity contribution in [1.82, 2.24) is 4.98 Å². The molecule has 0 aliphatic heterocycles. The lowest BCUT2D eigenvalue weighted by Crippen LogP contribution is -2.15. The van der Waals surface area contributed by atoms with Gasteiger partial charge in [-0.05, 0) is 48.0 Å². The molecule has 1 aromatic heterocycles. The molecular weight excluding hydrogens is 326 g/mol. The molecule has 5 nitrogen and oxygen atoms in total. The molecule has 0 radical (unpaired) electrons. The summed E-state index contributed by atoms with van der Waals surface area (Å²) < 4.78 is 5.53. The Balaban J connectivity index is 1.41. The van der Waals surface area contributed by atoms with Crippen LogP contribution in [0, 0.1) is 0 Å². The Hall–Kier alpha value is -3.34. The van der Waals surface area contributed by atoms with Crippen molar-refractivity contribution in [2.45, 2.75) is 13.0 Å². The summed E-state index contributed by atoms with van der Waals surface area (Å²) in [4.78, 5) is 16.1. The average Bonchev–Trinajstić information content (AvgIpc) is 2.69. The van der Waals surface area contributed by atoms with Gasteiger partial charge < -0.3 is 15.4 Å². The highest BCUT2D eigenvalue weighted by Gasteiger charge is 2.03. The molecule has 1 heterocycles. The van der Waals surface area contributed by atoms with E-state index >= 15 is 0 Å². The van der Waals surface area contributed by atoms with Gasteiger partial charge in [0.1, 0.15) is 5.75 Å². The fourth-order valence-corrected chi connectivity index (χ4v) is 2.38. The molecule has 3 aromatic rings. The molecular formula is C21H21N3O2. The Morgan fingerprint density at radius 1 is 0.923 bits per heavy atom. The van der Waals surface area contributed by atoms with E-state index in [1.807, 2.05) is 72.9 Å². The minimum absolute atomic E-state index is 0.0722. The summed E-state index contributed by atoms with van der Waals surface area (Å²) >= 11 is 0. The van der Waals surface area contributed by atoms with Crippen LogP contribution >= 0.6 is 0 Å². The van der Waals surface area contributed by atoms with Gasteiger partial charge in [-0.15, -0.1) is 0 Å². The molecule has 132 valence electrons. The van der Waals surface area contributed by atoms with Crippen LogP contribution in [0.5, 0.6) is 5.75 Å². The van der Waals surface area contributed by atoms with Gasteiger partial charge in [0.15, 0.2) is 0 Å². The monoisotopic (exact) mass is 347 g/mol. The smallest absolute Gasteiger partial charge is 0.227 e. The second-order valence-corrected chi connectivity index (χ2v) is 5.75. The number of ether oxygens (including phenoxy) is 1. The third kappa shape index (κ3) is 5.63. The van der Waals surface area contributed by atoms with Gasteiger partial charge >= 0.3 is 0 Å². The average molecular weight is 347 g/mol. The van der Waals surface area contributed by atoms with E-state index in [1.54, 1.807) is 6.20 Å². The number of amides is 1. The van der Waals surface area contributed by atoms with Gasteiger partial charge in [0.2, 0.25) is 5.91 Å². The number of rotatable bonds is 8. The molecule has 2 aromatic carbocycles. The number of carbonyl (C=O) groups is 1. The molecule has 0 unspecified atom stereocenters. The van der Waals surface area contributed by atoms with E-state index in [-0.39, 0.29) is 5.91 Å². The predicted octanol–water partition coefficient (Wildman–Crippen LogP) is 4.10. The van der Waals surface area contributed by atoms with Gasteiger partial charge in [0.05, 0.1) is 13.0 Å². The fourth-order valence-electron chi connectivity index (χ4n) is 2.38. The first kappa shape index (κ1) is 17.5. The first-order valence-corrected chi connectivity index (χ1v) is 8.50. The second-order valence-electron chi connectivity index (χ2n) is 5.75. The van der Waals surface area contributed by atoms with E-state index in [1.165, 1.54) is 0 Å². The Morgan fingerprint density at radius 3 is 2.42 bits per heavy atom. The molecule has 26 heavy (non-hydrogen) atoms. The number of nitrogens with one attached hydrogen (secondary N) is 2. The standard InChI is InChI=1S/C21H21N3O2/c25-21(12-14-26-20-6-2-1-3-7-20)24-19-10-8-18(9-11-19)23-16-17-5-4-13-22-15-17/h1-11,13,15,23H,12,14,16H2,(H,24,25). The van der Waals surface area contributed by atoms with Gasteiger partial charge in [-0.3, -0.25) is 9.78 Å². The highest BCUT2D eigenvalue weighted by atomic mass is 16.5. The number of para-hydroxylation sites is 1. The molecule has 1 amide bonds. The minimum Gasteiger partial charge on any atom is -0.493 e. The van der Waals surface area contributed by atoms with E-state index in [4.69, 9.17) is 4.74 Å². The van der Waals surface area contributed by atoms with Crippen molar-refractivity contribution in [1.29, 1.82) is 0 Å². The summed E-state index contributed by atoms with van der Waals surface area (Å²) in [5, 5.41) is 6.19. The Kier molecular flexibility index (Phi) is 6.20. The highest BCUT2D eigenvalue weighted by molar-refractivity contribution is 5.90. The van der Waals surface area contributed by atoms with E-state index < -0.39 is 0 Å². The fraction of sp³-hybridized carbons (Fsp3) is 0.143. The molecule has 0 aliphatic carbocycles. The van der Waals surface area contributed by atoms with E-state index in [2.05, 4.69) is 15.6 Å². The molecule has 0 saturated carbocycles. The number of nitrogens with zero attached hydrogens (tertiary/aromatic N) is 1. The summed E-state index contributed by atoms with van der Waals surface area (Å²) in [6, 6.07) is 21.0. The zero-order valence-corrected chi connectivity index (χ0v) is 14.4. The lowest BCUT2D eigenvalue weighted by molar-refractivity contribution is -0.116. The zero-order valence-electron chi connectivity index (χ0n) is 14.4. The quantitative estimate of drug-likeness (QED) is 0.644. The zero-order chi connectivity index (χ0) is 18.0. The molecule has 0 bridgehead atoms. The third-order valence-corrected chi connectivity index (χ3v) is 3.73. The van der Waals surface area contributed by atoms with Crippen LogP contribution in [0.2, 0.25) is 0 Å². The summed E-state index contributed by atoms with van der Waals surface area (Å²) in [6.45, 7) is 1.05. The van der Waals surface area contributed by atoms with Crippen LogP contribution in [0.4, 0.5) is 11.4 Å². The van der Waals surface area contributed by atoms with Crippen molar-refractivity contribution >= 4 is 17.3 Å². The molecule has 0 spiro atoms. The van der Waals surface area contributed by atoms with Crippen LogP contribution in [0.1, 0.15) is 12.0 Å². The lowest BCUT2D eigenvalue weighted by Gasteiger charge is -2.09. The molecule has 5 heteroatoms. The van der Waals surface area contributed by atoms with Crippen LogP contribution in [0.25, 0.3) is 0 Å². The van der Waals surface area contributed by atoms with Crippen molar-refractivity contribution in [3.8, 4) is 5.75 Å². The molecule has 0 atom stereocenters. The maximum absolute atomic E-state index is 12.0. The Labute approximate surface area is 153 Å². The number of pyridine rings is 1. The largest absolute Gasteiger partial charge is 0.493 e. The van der Waals surface area contributed by atoms with Crippen molar-refractivity contribution in [2.24, 2.45) is 0 Å². The number of benzene rings is 2. The first-order valence-electron chi connectivity index (χ1n) is 8.50. The van der Waals surface area contributed by atoms with E-state index in [9.17, 15) is 4.79 Å². The number of carbonyl (C=O) groups excluding carboxylic acids is 1. The Morgan fingerprint density at radius 2 is 1.69 bits per heavy atom. The maximum atomic E-state index is 12.0. The van der Waals surface area contributed by atoms with Crippen LogP contribution < -0.4 is 15.4 Å². The summed E-state index contributed by atoms with van der Waals surface area (Å²) in [6.07, 6.45) is 3.89. The molecule has 2 N–H and O–H groups in total. The normalized spacial score (nSPS) is 10.2. The summed E-state index contributed by atoms with van der Waals surface area (Å²) in [5.41, 5.74) is 2.86. The topological polar surface area (TPSA) is 63.2 Å². The Bertz CT molecular complexity index is 806. The minimum atomic E-state index is -0.0722. The summed E-state index contributed by atoms with van der Waals surface area (Å²) in [7, 11) is 0. The van der Waals surface area contributed by atoms with Crippen LogP contribution in [0.15, 0.2) is 79.1 Å². The lowest BCUT2D eigenvalue weighted by atomic mass is 10.2. The maximum Gasteiger partial charge on any atom is 0.227 e. The van der Waals surface area contributed by atoms with Crippen molar-refractivity contribution in [3.05, 3.63) is 84.7 Å². The van der Waals surface area contributed by atoms with Crippen LogP contribution in [-0.2, 0) is 11.3 Å². The summed E-state index contributed by atoms with van der Waals surface area (Å²) in [5.74, 6) is 0.696. The van der Waals surface area contributed by atoms with Gasteiger partial charge in [-0.1, -0.05) is 24.3 Å². The van der Waals surface area contributed by atoms with Gasteiger partial charge in [-0.25, -0.2) is 0 Å². The van der Waals surface area contributed by atoms with E-state index in [0.29, 0.717) is 19.6 Å². The van der Waals surface area contributed by atoms with Gasteiger partial charge in [-0.2, -0.15) is 0 Å². The molecule has 0 fully saturated rings. The SMILES string of the molecule is O=C(CCOc1ccccc1)Nc1ccc(NCc2cccnc2)cc1. The van der Waals surface area contributed by atoms with E-state index in [0.717, 1.165) is 22.7 Å². The first-order chi connectivity index (χ1) is 12.8. The van der Waals surface area contributed by atoms with Crippen molar-refractivity contribution in [3.63, 3.8) is 0 Å². The van der Waals surface area contributed by atoms with Gasteiger partial charge in [0.25, 0.3) is 0 Å². The number of aromatic nitrogens is 1. The number of hydrogen-bond acceptors (Lipinski definition) is 4. The number of anilines is 2. The second kappa shape index (κ2) is 9.22. The number of hydrogen-bond donors (Lipinski definition) is 2. The molecule has 0 saturated heterocycles. The third-order valence-electron chi connectivity index (χ3n) is 3.73. The predicted molar refractivity (Wildman–Crippen MR) is 103 cm³/mol. The van der Waals surface area contributed by atoms with Crippen molar-refractivity contribution in [2.75, 3.05) is 17.2 Å².